The molecule has 4 rings (SSSR count). The second-order valence-corrected chi connectivity index (χ2v) is 7.79. The highest BCUT2D eigenvalue weighted by Gasteiger charge is 2.23. The second-order valence-electron chi connectivity index (χ2n) is 6.22. The summed E-state index contributed by atoms with van der Waals surface area (Å²) in [5.74, 6) is 0.731. The lowest BCUT2D eigenvalue weighted by Gasteiger charge is -2.08. The highest BCUT2D eigenvalue weighted by Crippen LogP contribution is 2.29. The van der Waals surface area contributed by atoms with E-state index < -0.39 is 0 Å². The number of amides is 1. The van der Waals surface area contributed by atoms with Crippen molar-refractivity contribution in [2.45, 2.75) is 32.4 Å². The van der Waals surface area contributed by atoms with Crippen molar-refractivity contribution in [1.82, 2.24) is 15.3 Å². The molecule has 0 unspecified atom stereocenters. The lowest BCUT2D eigenvalue weighted by atomic mass is 10.1. The normalized spacial score (nSPS) is 13.8. The number of carbonyl (C=O) groups excluding carboxylic acids is 1. The number of thiophene rings is 1. The number of nitrogens with one attached hydrogen (secondary N) is 2. The molecule has 0 atom stereocenters. The maximum atomic E-state index is 12.0. The molecule has 0 radical (unpaired) electrons. The van der Waals surface area contributed by atoms with Gasteiger partial charge in [0.1, 0.15) is 10.6 Å². The van der Waals surface area contributed by atoms with Gasteiger partial charge >= 0.3 is 0 Å². The number of rotatable bonds is 5. The van der Waals surface area contributed by atoms with Crippen LogP contribution in [0.4, 0.5) is 5.82 Å². The van der Waals surface area contributed by atoms with E-state index in [0.717, 1.165) is 34.4 Å². The number of nitrogens with zero attached hydrogens (tertiary/aromatic N) is 2. The standard InChI is InChI=1S/C18H17ClN4OS/c1-10-8-14-15(22-18(19)23-17(14)25-10)20-9-11-2-4-12(5-3-11)16(24)21-13-6-7-13/h2-5,8,13H,6-7,9H2,1H3,(H,21,24)(H,20,22,23). The van der Waals surface area contributed by atoms with E-state index in [0.29, 0.717) is 18.2 Å². The number of fused-ring (bicyclic) bond motifs is 1. The molecular formula is C18H17ClN4OS. The highest BCUT2D eigenvalue weighted by molar-refractivity contribution is 7.18. The third kappa shape index (κ3) is 3.75. The number of aromatic nitrogens is 2. The third-order valence-electron chi connectivity index (χ3n) is 4.08. The van der Waals surface area contributed by atoms with E-state index in [9.17, 15) is 4.79 Å². The van der Waals surface area contributed by atoms with Crippen molar-refractivity contribution < 1.29 is 4.79 Å². The summed E-state index contributed by atoms with van der Waals surface area (Å²) in [5.41, 5.74) is 1.76. The van der Waals surface area contributed by atoms with Gasteiger partial charge < -0.3 is 10.6 Å². The van der Waals surface area contributed by atoms with Gasteiger partial charge in [0, 0.05) is 23.0 Å². The van der Waals surface area contributed by atoms with E-state index in [4.69, 9.17) is 11.6 Å². The van der Waals surface area contributed by atoms with Crippen LogP contribution in [0.5, 0.6) is 0 Å². The molecule has 1 aromatic carbocycles. The molecule has 2 aromatic heterocycles. The van der Waals surface area contributed by atoms with Gasteiger partial charge in [-0.25, -0.2) is 9.97 Å². The number of halogens is 1. The van der Waals surface area contributed by atoms with Crippen LogP contribution in [0.3, 0.4) is 0 Å². The summed E-state index contributed by atoms with van der Waals surface area (Å²) in [6.07, 6.45) is 2.18. The Hall–Kier alpha value is -2.18. The lowest BCUT2D eigenvalue weighted by molar-refractivity contribution is 0.0951. The first-order chi connectivity index (χ1) is 12.1. The number of carbonyl (C=O) groups is 1. The number of anilines is 1. The fraction of sp³-hybridized carbons (Fsp3) is 0.278. The Bertz CT molecular complexity index is 934. The second kappa shape index (κ2) is 6.61. The van der Waals surface area contributed by atoms with Crippen LogP contribution in [0.15, 0.2) is 30.3 Å². The maximum Gasteiger partial charge on any atom is 0.251 e. The first-order valence-corrected chi connectivity index (χ1v) is 9.35. The smallest absolute Gasteiger partial charge is 0.251 e. The van der Waals surface area contributed by atoms with E-state index in [-0.39, 0.29) is 11.2 Å². The molecule has 2 N–H and O–H groups in total. The van der Waals surface area contributed by atoms with Crippen molar-refractivity contribution >= 4 is 44.9 Å². The fourth-order valence-corrected chi connectivity index (χ4v) is 3.71. The van der Waals surface area contributed by atoms with Crippen molar-refractivity contribution in [3.05, 3.63) is 51.6 Å². The summed E-state index contributed by atoms with van der Waals surface area (Å²) < 4.78 is 0. The van der Waals surface area contributed by atoms with Gasteiger partial charge in [0.25, 0.3) is 5.91 Å². The van der Waals surface area contributed by atoms with Crippen LogP contribution in [0.1, 0.15) is 33.6 Å². The average molecular weight is 373 g/mol. The quantitative estimate of drug-likeness (QED) is 0.660. The van der Waals surface area contributed by atoms with E-state index in [1.807, 2.05) is 31.2 Å². The summed E-state index contributed by atoms with van der Waals surface area (Å²) in [4.78, 5) is 22.6. The minimum absolute atomic E-state index is 0.0000447. The molecule has 3 aromatic rings. The average Bonchev–Trinajstić information content (AvgIpc) is 3.32. The largest absolute Gasteiger partial charge is 0.365 e. The molecule has 0 saturated heterocycles. The van der Waals surface area contributed by atoms with Crippen LogP contribution in [0.2, 0.25) is 5.28 Å². The summed E-state index contributed by atoms with van der Waals surface area (Å²) in [6.45, 7) is 2.64. The SMILES string of the molecule is Cc1cc2c(NCc3ccc(C(=O)NC4CC4)cc3)nc(Cl)nc2s1. The minimum Gasteiger partial charge on any atom is -0.365 e. The Morgan fingerprint density at radius 2 is 2.04 bits per heavy atom. The van der Waals surface area contributed by atoms with Crippen molar-refractivity contribution in [2.24, 2.45) is 0 Å². The van der Waals surface area contributed by atoms with E-state index in [1.165, 1.54) is 4.88 Å². The Balaban J connectivity index is 1.47. The van der Waals surface area contributed by atoms with Gasteiger partial charge in [0.05, 0.1) is 5.39 Å². The van der Waals surface area contributed by atoms with Gasteiger partial charge in [-0.15, -0.1) is 11.3 Å². The topological polar surface area (TPSA) is 66.9 Å². The molecule has 2 heterocycles. The Morgan fingerprint density at radius 1 is 1.28 bits per heavy atom. The van der Waals surface area contributed by atoms with Gasteiger partial charge in [0.2, 0.25) is 5.28 Å². The minimum atomic E-state index is 0.0000447. The first kappa shape index (κ1) is 16.3. The molecule has 1 amide bonds. The zero-order chi connectivity index (χ0) is 17.4. The lowest BCUT2D eigenvalue weighted by Crippen LogP contribution is -2.25. The Morgan fingerprint density at radius 3 is 2.76 bits per heavy atom. The maximum absolute atomic E-state index is 12.0. The summed E-state index contributed by atoms with van der Waals surface area (Å²) in [5, 5.41) is 7.53. The molecule has 1 fully saturated rings. The molecule has 1 aliphatic carbocycles. The van der Waals surface area contributed by atoms with Crippen molar-refractivity contribution in [2.75, 3.05) is 5.32 Å². The van der Waals surface area contributed by atoms with Crippen LogP contribution in [-0.2, 0) is 6.54 Å². The number of hydrogen-bond acceptors (Lipinski definition) is 5. The molecule has 7 heteroatoms. The zero-order valence-electron chi connectivity index (χ0n) is 13.7. The number of benzene rings is 1. The van der Waals surface area contributed by atoms with Crippen LogP contribution in [0, 0.1) is 6.92 Å². The fourth-order valence-electron chi connectivity index (χ4n) is 2.61. The molecule has 1 saturated carbocycles. The van der Waals surface area contributed by atoms with Gasteiger partial charge in [0.15, 0.2) is 0 Å². The highest BCUT2D eigenvalue weighted by atomic mass is 35.5. The van der Waals surface area contributed by atoms with Crippen LogP contribution in [-0.4, -0.2) is 21.9 Å². The molecule has 128 valence electrons. The predicted molar refractivity (Wildman–Crippen MR) is 101 cm³/mol. The van der Waals surface area contributed by atoms with Crippen molar-refractivity contribution in [3.8, 4) is 0 Å². The molecule has 1 aliphatic rings. The summed E-state index contributed by atoms with van der Waals surface area (Å²) in [7, 11) is 0. The molecule has 0 aliphatic heterocycles. The van der Waals surface area contributed by atoms with Crippen LogP contribution >= 0.6 is 22.9 Å². The van der Waals surface area contributed by atoms with Crippen molar-refractivity contribution in [1.29, 1.82) is 0 Å². The number of hydrogen-bond donors (Lipinski definition) is 2. The zero-order valence-corrected chi connectivity index (χ0v) is 15.2. The first-order valence-electron chi connectivity index (χ1n) is 8.16. The molecule has 0 spiro atoms. The van der Waals surface area contributed by atoms with Crippen molar-refractivity contribution in [3.63, 3.8) is 0 Å². The van der Waals surface area contributed by atoms with Crippen LogP contribution < -0.4 is 10.6 Å². The third-order valence-corrected chi connectivity index (χ3v) is 5.19. The monoisotopic (exact) mass is 372 g/mol. The predicted octanol–water partition coefficient (Wildman–Crippen LogP) is 4.16. The van der Waals surface area contributed by atoms with Gasteiger partial charge in [-0.1, -0.05) is 12.1 Å². The van der Waals surface area contributed by atoms with E-state index in [1.54, 1.807) is 11.3 Å². The molecule has 0 bridgehead atoms. The number of aryl methyl sites for hydroxylation is 1. The van der Waals surface area contributed by atoms with E-state index >= 15 is 0 Å². The Kier molecular flexibility index (Phi) is 4.31. The summed E-state index contributed by atoms with van der Waals surface area (Å²) in [6, 6.07) is 10.0. The molecule has 5 nitrogen and oxygen atoms in total. The Labute approximate surface area is 154 Å². The molecule has 25 heavy (non-hydrogen) atoms. The van der Waals surface area contributed by atoms with Gasteiger partial charge in [-0.05, 0) is 55.1 Å². The van der Waals surface area contributed by atoms with E-state index in [2.05, 4.69) is 26.7 Å². The summed E-state index contributed by atoms with van der Waals surface area (Å²) >= 11 is 7.61. The van der Waals surface area contributed by atoms with Gasteiger partial charge in [-0.2, -0.15) is 0 Å². The molecular weight excluding hydrogens is 356 g/mol. The van der Waals surface area contributed by atoms with Gasteiger partial charge in [-0.3, -0.25) is 4.79 Å². The van der Waals surface area contributed by atoms with Crippen LogP contribution in [0.25, 0.3) is 10.2 Å².